The first kappa shape index (κ1) is 16.3. The van der Waals surface area contributed by atoms with Crippen LogP contribution in [0.5, 0.6) is 5.75 Å². The zero-order chi connectivity index (χ0) is 15.3. The van der Waals surface area contributed by atoms with E-state index in [0.29, 0.717) is 0 Å². The normalized spacial score (nSPS) is 10.8. The summed E-state index contributed by atoms with van der Waals surface area (Å²) in [5.74, 6) is 1.99. The second-order valence-corrected chi connectivity index (χ2v) is 5.69. The first-order valence-corrected chi connectivity index (χ1v) is 6.46. The van der Waals surface area contributed by atoms with Crippen molar-refractivity contribution >= 4 is 23.1 Å². The number of hydrogen-bond acceptors (Lipinski definition) is 3. The molecule has 0 aliphatic heterocycles. The SMILES string of the molecule is C#CCOc1cc(NCC(=O)C(C)(C)C)c(F)cc1Cl. The summed E-state index contributed by atoms with van der Waals surface area (Å²) in [7, 11) is 0. The lowest BCUT2D eigenvalue weighted by Crippen LogP contribution is -2.27. The Hall–Kier alpha value is -1.73. The van der Waals surface area contributed by atoms with E-state index >= 15 is 0 Å². The van der Waals surface area contributed by atoms with E-state index in [4.69, 9.17) is 22.8 Å². The van der Waals surface area contributed by atoms with E-state index in [2.05, 4.69) is 11.2 Å². The van der Waals surface area contributed by atoms with E-state index in [1.165, 1.54) is 6.07 Å². The molecule has 1 aromatic rings. The molecule has 0 atom stereocenters. The largest absolute Gasteiger partial charge is 0.479 e. The van der Waals surface area contributed by atoms with Crippen molar-refractivity contribution in [2.45, 2.75) is 20.8 Å². The molecule has 1 rings (SSSR count). The standard InChI is InChI=1S/C15H17ClFNO2/c1-5-6-20-13-8-12(11(17)7-10(13)16)18-9-14(19)15(2,3)4/h1,7-8,18H,6,9H2,2-4H3. The Morgan fingerprint density at radius 1 is 1.50 bits per heavy atom. The summed E-state index contributed by atoms with van der Waals surface area (Å²) in [6.07, 6.45) is 5.09. The van der Waals surface area contributed by atoms with Crippen LogP contribution in [0.4, 0.5) is 10.1 Å². The van der Waals surface area contributed by atoms with Crippen LogP contribution < -0.4 is 10.1 Å². The fourth-order valence-electron chi connectivity index (χ4n) is 1.34. The third-order valence-corrected chi connectivity index (χ3v) is 2.90. The fraction of sp³-hybridized carbons (Fsp3) is 0.400. The molecule has 0 aliphatic carbocycles. The minimum atomic E-state index is -0.551. The van der Waals surface area contributed by atoms with Gasteiger partial charge in [0.15, 0.2) is 5.78 Å². The van der Waals surface area contributed by atoms with Crippen LogP contribution in [0.2, 0.25) is 5.02 Å². The van der Waals surface area contributed by atoms with Crippen molar-refractivity contribution in [3.05, 3.63) is 23.0 Å². The molecule has 0 radical (unpaired) electrons. The molecule has 0 unspecified atom stereocenters. The third-order valence-electron chi connectivity index (χ3n) is 2.61. The summed E-state index contributed by atoms with van der Waals surface area (Å²) in [6, 6.07) is 2.52. The molecule has 0 spiro atoms. The first-order chi connectivity index (χ1) is 9.25. The lowest BCUT2D eigenvalue weighted by Gasteiger charge is -2.18. The number of carbonyl (C=O) groups is 1. The number of benzene rings is 1. The molecule has 1 aromatic carbocycles. The molecule has 0 aliphatic rings. The van der Waals surface area contributed by atoms with E-state index in [-0.39, 0.29) is 35.4 Å². The highest BCUT2D eigenvalue weighted by Gasteiger charge is 2.21. The number of nitrogens with one attached hydrogen (secondary N) is 1. The van der Waals surface area contributed by atoms with Gasteiger partial charge in [0, 0.05) is 11.5 Å². The summed E-state index contributed by atoms with van der Waals surface area (Å²) in [5, 5.41) is 2.88. The van der Waals surface area contributed by atoms with Gasteiger partial charge in [-0.1, -0.05) is 38.3 Å². The summed E-state index contributed by atoms with van der Waals surface area (Å²) in [4.78, 5) is 11.8. The monoisotopic (exact) mass is 297 g/mol. The Balaban J connectivity index is 2.85. The van der Waals surface area contributed by atoms with Crippen molar-refractivity contribution in [3.8, 4) is 18.1 Å². The Labute approximate surface area is 123 Å². The van der Waals surface area contributed by atoms with E-state index in [0.717, 1.165) is 6.07 Å². The van der Waals surface area contributed by atoms with Gasteiger partial charge in [0.05, 0.1) is 17.3 Å². The van der Waals surface area contributed by atoms with Crippen LogP contribution in [-0.4, -0.2) is 18.9 Å². The van der Waals surface area contributed by atoms with Gasteiger partial charge in [0.25, 0.3) is 0 Å². The molecule has 1 N–H and O–H groups in total. The highest BCUT2D eigenvalue weighted by atomic mass is 35.5. The predicted molar refractivity (Wildman–Crippen MR) is 78.7 cm³/mol. The van der Waals surface area contributed by atoms with Crippen molar-refractivity contribution in [1.29, 1.82) is 0 Å². The molecule has 20 heavy (non-hydrogen) atoms. The van der Waals surface area contributed by atoms with Crippen LogP contribution in [0.3, 0.4) is 0 Å². The van der Waals surface area contributed by atoms with Crippen molar-refractivity contribution in [2.24, 2.45) is 5.41 Å². The van der Waals surface area contributed by atoms with E-state index in [1.807, 2.05) is 0 Å². The van der Waals surface area contributed by atoms with Gasteiger partial charge in [-0.15, -0.1) is 6.42 Å². The number of ketones is 1. The molecule has 0 amide bonds. The Morgan fingerprint density at radius 2 is 2.15 bits per heavy atom. The number of halogens is 2. The zero-order valence-electron chi connectivity index (χ0n) is 11.7. The number of rotatable bonds is 5. The Kier molecular flexibility index (Phi) is 5.41. The van der Waals surface area contributed by atoms with E-state index in [1.54, 1.807) is 20.8 Å². The highest BCUT2D eigenvalue weighted by Crippen LogP contribution is 2.30. The highest BCUT2D eigenvalue weighted by molar-refractivity contribution is 6.32. The molecule has 0 fully saturated rings. The number of carbonyl (C=O) groups excluding carboxylic acids is 1. The lowest BCUT2D eigenvalue weighted by atomic mass is 9.91. The molecule has 0 bridgehead atoms. The fourth-order valence-corrected chi connectivity index (χ4v) is 1.54. The third kappa shape index (κ3) is 4.43. The van der Waals surface area contributed by atoms with E-state index < -0.39 is 11.2 Å². The smallest absolute Gasteiger partial charge is 0.157 e. The number of hydrogen-bond donors (Lipinski definition) is 1. The van der Waals surface area contributed by atoms with E-state index in [9.17, 15) is 9.18 Å². The Morgan fingerprint density at radius 3 is 2.70 bits per heavy atom. The molecule has 5 heteroatoms. The van der Waals surface area contributed by atoms with Gasteiger partial charge in [-0.2, -0.15) is 0 Å². The van der Waals surface area contributed by atoms with Crippen molar-refractivity contribution in [2.75, 3.05) is 18.5 Å². The molecule has 0 saturated heterocycles. The van der Waals surface area contributed by atoms with Gasteiger partial charge in [0.1, 0.15) is 18.2 Å². The van der Waals surface area contributed by atoms with Crippen LogP contribution in [0, 0.1) is 23.6 Å². The van der Waals surface area contributed by atoms with Crippen LogP contribution >= 0.6 is 11.6 Å². The zero-order valence-corrected chi connectivity index (χ0v) is 12.5. The maximum absolute atomic E-state index is 13.7. The predicted octanol–water partition coefficient (Wildman–Crippen LogP) is 3.52. The van der Waals surface area contributed by atoms with Crippen molar-refractivity contribution < 1.29 is 13.9 Å². The van der Waals surface area contributed by atoms with Crippen LogP contribution in [0.15, 0.2) is 12.1 Å². The van der Waals surface area contributed by atoms with Crippen molar-refractivity contribution in [1.82, 2.24) is 0 Å². The summed E-state index contributed by atoms with van der Waals surface area (Å²) >= 11 is 5.84. The molecular formula is C15H17ClFNO2. The van der Waals surface area contributed by atoms with Crippen LogP contribution in [-0.2, 0) is 4.79 Å². The minimum absolute atomic E-state index is 0.0244. The van der Waals surface area contributed by atoms with Gasteiger partial charge >= 0.3 is 0 Å². The second-order valence-electron chi connectivity index (χ2n) is 5.28. The van der Waals surface area contributed by atoms with Gasteiger partial charge in [-0.25, -0.2) is 4.39 Å². The number of ether oxygens (including phenoxy) is 1. The van der Waals surface area contributed by atoms with Gasteiger partial charge in [0.2, 0.25) is 0 Å². The van der Waals surface area contributed by atoms with Crippen LogP contribution in [0.1, 0.15) is 20.8 Å². The molecule has 0 aromatic heterocycles. The Bertz CT molecular complexity index is 544. The second kappa shape index (κ2) is 6.62. The molecule has 0 saturated carbocycles. The molecule has 108 valence electrons. The summed E-state index contributed by atoms with van der Waals surface area (Å²) < 4.78 is 18.9. The average Bonchev–Trinajstić information content (AvgIpc) is 2.35. The number of terminal acetylenes is 1. The topological polar surface area (TPSA) is 38.3 Å². The maximum atomic E-state index is 13.7. The summed E-state index contributed by atoms with van der Waals surface area (Å²) in [5.41, 5.74) is -0.336. The first-order valence-electron chi connectivity index (χ1n) is 6.08. The number of anilines is 1. The quantitative estimate of drug-likeness (QED) is 0.845. The molecular weight excluding hydrogens is 281 g/mol. The molecule has 0 heterocycles. The van der Waals surface area contributed by atoms with Crippen LogP contribution in [0.25, 0.3) is 0 Å². The number of Topliss-reactive ketones (excluding diaryl/α,β-unsaturated/α-hetero) is 1. The van der Waals surface area contributed by atoms with Gasteiger partial charge in [-0.3, -0.25) is 4.79 Å². The minimum Gasteiger partial charge on any atom is -0.479 e. The van der Waals surface area contributed by atoms with Gasteiger partial charge in [-0.05, 0) is 6.07 Å². The lowest BCUT2D eigenvalue weighted by molar-refractivity contribution is -0.124. The van der Waals surface area contributed by atoms with Gasteiger partial charge < -0.3 is 10.1 Å². The maximum Gasteiger partial charge on any atom is 0.157 e. The average molecular weight is 298 g/mol. The molecule has 3 nitrogen and oxygen atoms in total. The van der Waals surface area contributed by atoms with Crippen molar-refractivity contribution in [3.63, 3.8) is 0 Å². The summed E-state index contributed by atoms with van der Waals surface area (Å²) in [6.45, 7) is 5.46.